The highest BCUT2D eigenvalue weighted by molar-refractivity contribution is 5.90. The summed E-state index contributed by atoms with van der Waals surface area (Å²) in [4.78, 5) is 11.7. The number of benzene rings is 1. The molecule has 20 heavy (non-hydrogen) atoms. The van der Waals surface area contributed by atoms with Crippen LogP contribution in [0.5, 0.6) is 0 Å². The van der Waals surface area contributed by atoms with Crippen LogP contribution in [0.15, 0.2) is 28.8 Å². The van der Waals surface area contributed by atoms with Crippen LogP contribution in [-0.2, 0) is 17.8 Å². The number of methoxy groups -OCH3 is 1. The number of hydrogen-bond donors (Lipinski definition) is 1. The van der Waals surface area contributed by atoms with Gasteiger partial charge in [0, 0.05) is 18.7 Å². The quantitative estimate of drug-likeness (QED) is 0.848. The molecular weight excluding hydrogens is 256 g/mol. The van der Waals surface area contributed by atoms with E-state index < -0.39 is 0 Å². The molecule has 1 aromatic carbocycles. The molecule has 0 bridgehead atoms. The van der Waals surface area contributed by atoms with Gasteiger partial charge in [0.15, 0.2) is 0 Å². The minimum atomic E-state index is -0.320. The third kappa shape index (κ3) is 3.05. The Kier molecular flexibility index (Phi) is 4.53. The van der Waals surface area contributed by atoms with Crippen molar-refractivity contribution in [2.75, 3.05) is 7.11 Å². The molecule has 106 valence electrons. The summed E-state index contributed by atoms with van der Waals surface area (Å²) in [6.45, 7) is 5.03. The number of nitrogens with one attached hydrogen (secondary N) is 1. The largest absolute Gasteiger partial charge is 0.465 e. The lowest BCUT2D eigenvalue weighted by molar-refractivity contribution is 0.0599. The Morgan fingerprint density at radius 2 is 2.05 bits per heavy atom. The monoisotopic (exact) mass is 274 g/mol. The van der Waals surface area contributed by atoms with E-state index in [1.807, 2.05) is 32.0 Å². The lowest BCUT2D eigenvalue weighted by Crippen LogP contribution is -2.16. The molecule has 2 aromatic rings. The Bertz CT molecular complexity index is 585. The Hall–Kier alpha value is -2.14. The molecule has 0 spiro atoms. The minimum Gasteiger partial charge on any atom is -0.465 e. The second-order valence-electron chi connectivity index (χ2n) is 4.56. The first-order valence-corrected chi connectivity index (χ1v) is 6.42. The summed E-state index contributed by atoms with van der Waals surface area (Å²) in [7, 11) is 1.39. The number of aromatic nitrogens is 1. The standard InChI is InChI=1S/C15H18N2O3/c1-10-14(11(2)20-17-10)9-16-8-12-6-4-5-7-13(12)15(18)19-3/h4-7,16H,8-9H2,1-3H3. The Balaban J connectivity index is 2.03. The number of nitrogens with zero attached hydrogens (tertiary/aromatic N) is 1. The lowest BCUT2D eigenvalue weighted by Gasteiger charge is -2.09. The number of aryl methyl sites for hydroxylation is 2. The summed E-state index contributed by atoms with van der Waals surface area (Å²) in [6.07, 6.45) is 0. The van der Waals surface area contributed by atoms with Crippen LogP contribution in [0.2, 0.25) is 0 Å². The summed E-state index contributed by atoms with van der Waals surface area (Å²) in [6, 6.07) is 7.40. The van der Waals surface area contributed by atoms with Crippen LogP contribution in [0.4, 0.5) is 0 Å². The Morgan fingerprint density at radius 1 is 1.30 bits per heavy atom. The number of hydrogen-bond acceptors (Lipinski definition) is 5. The molecule has 0 amide bonds. The second-order valence-corrected chi connectivity index (χ2v) is 4.56. The highest BCUT2D eigenvalue weighted by Gasteiger charge is 2.12. The van der Waals surface area contributed by atoms with E-state index in [1.165, 1.54) is 7.11 Å². The van der Waals surface area contributed by atoms with E-state index in [2.05, 4.69) is 10.5 Å². The fraction of sp³-hybridized carbons (Fsp3) is 0.333. The van der Waals surface area contributed by atoms with E-state index in [4.69, 9.17) is 9.26 Å². The summed E-state index contributed by atoms with van der Waals surface area (Å²) >= 11 is 0. The van der Waals surface area contributed by atoms with Crippen LogP contribution in [-0.4, -0.2) is 18.2 Å². The normalized spacial score (nSPS) is 10.6. The molecular formula is C15H18N2O3. The van der Waals surface area contributed by atoms with Gasteiger partial charge in [-0.25, -0.2) is 4.79 Å². The fourth-order valence-electron chi connectivity index (χ4n) is 2.06. The summed E-state index contributed by atoms with van der Waals surface area (Å²) in [5.74, 6) is 0.496. The molecule has 1 heterocycles. The first-order chi connectivity index (χ1) is 9.63. The summed E-state index contributed by atoms with van der Waals surface area (Å²) in [5, 5.41) is 7.21. The number of carbonyl (C=O) groups is 1. The molecule has 1 N–H and O–H groups in total. The Labute approximate surface area is 117 Å². The van der Waals surface area contributed by atoms with Gasteiger partial charge in [0.2, 0.25) is 0 Å². The van der Waals surface area contributed by atoms with Gasteiger partial charge in [0.1, 0.15) is 5.76 Å². The van der Waals surface area contributed by atoms with Gasteiger partial charge < -0.3 is 14.6 Å². The SMILES string of the molecule is COC(=O)c1ccccc1CNCc1c(C)noc1C. The molecule has 0 aliphatic carbocycles. The maximum atomic E-state index is 11.7. The predicted molar refractivity (Wildman–Crippen MR) is 74.3 cm³/mol. The van der Waals surface area contributed by atoms with Crippen molar-refractivity contribution < 1.29 is 14.1 Å². The van der Waals surface area contributed by atoms with Crippen LogP contribution in [0.25, 0.3) is 0 Å². The molecule has 0 unspecified atom stereocenters. The van der Waals surface area contributed by atoms with Crippen LogP contribution in [0.1, 0.15) is 32.9 Å². The lowest BCUT2D eigenvalue weighted by atomic mass is 10.1. The zero-order chi connectivity index (χ0) is 14.5. The topological polar surface area (TPSA) is 64.4 Å². The zero-order valence-corrected chi connectivity index (χ0v) is 11.9. The molecule has 0 radical (unpaired) electrons. The Morgan fingerprint density at radius 3 is 2.70 bits per heavy atom. The summed E-state index contributed by atoms with van der Waals surface area (Å²) in [5.41, 5.74) is 3.43. The van der Waals surface area contributed by atoms with Crippen molar-refractivity contribution in [3.63, 3.8) is 0 Å². The first kappa shape index (κ1) is 14.3. The first-order valence-electron chi connectivity index (χ1n) is 6.42. The third-order valence-corrected chi connectivity index (χ3v) is 3.22. The molecule has 0 saturated carbocycles. The fourth-order valence-corrected chi connectivity index (χ4v) is 2.06. The van der Waals surface area contributed by atoms with Gasteiger partial charge in [-0.2, -0.15) is 0 Å². The highest BCUT2D eigenvalue weighted by Crippen LogP contribution is 2.13. The van der Waals surface area contributed by atoms with Crippen LogP contribution in [0.3, 0.4) is 0 Å². The van der Waals surface area contributed by atoms with Crippen LogP contribution < -0.4 is 5.32 Å². The molecule has 2 rings (SSSR count). The number of esters is 1. The molecule has 0 aliphatic rings. The van der Waals surface area contributed by atoms with Gasteiger partial charge in [0.25, 0.3) is 0 Å². The minimum absolute atomic E-state index is 0.320. The van der Waals surface area contributed by atoms with Crippen molar-refractivity contribution in [1.29, 1.82) is 0 Å². The molecule has 0 aliphatic heterocycles. The van der Waals surface area contributed by atoms with Crippen molar-refractivity contribution >= 4 is 5.97 Å². The van der Waals surface area contributed by atoms with E-state index in [1.54, 1.807) is 6.07 Å². The van der Waals surface area contributed by atoms with E-state index in [0.29, 0.717) is 18.7 Å². The molecule has 0 atom stereocenters. The average molecular weight is 274 g/mol. The average Bonchev–Trinajstić information content (AvgIpc) is 2.78. The highest BCUT2D eigenvalue weighted by atomic mass is 16.5. The van der Waals surface area contributed by atoms with Crippen molar-refractivity contribution in [2.24, 2.45) is 0 Å². The van der Waals surface area contributed by atoms with Crippen molar-refractivity contribution in [3.8, 4) is 0 Å². The number of ether oxygens (including phenoxy) is 1. The zero-order valence-electron chi connectivity index (χ0n) is 11.9. The van der Waals surface area contributed by atoms with Crippen LogP contribution in [0, 0.1) is 13.8 Å². The molecule has 0 saturated heterocycles. The van der Waals surface area contributed by atoms with Crippen molar-refractivity contribution in [1.82, 2.24) is 10.5 Å². The van der Waals surface area contributed by atoms with E-state index >= 15 is 0 Å². The number of rotatable bonds is 5. The maximum Gasteiger partial charge on any atom is 0.338 e. The van der Waals surface area contributed by atoms with Crippen molar-refractivity contribution in [3.05, 3.63) is 52.4 Å². The van der Waals surface area contributed by atoms with E-state index in [9.17, 15) is 4.79 Å². The molecule has 1 aromatic heterocycles. The second kappa shape index (κ2) is 6.34. The van der Waals surface area contributed by atoms with E-state index in [0.717, 1.165) is 22.6 Å². The molecule has 5 nitrogen and oxygen atoms in total. The van der Waals surface area contributed by atoms with Gasteiger partial charge in [-0.3, -0.25) is 0 Å². The number of carbonyl (C=O) groups excluding carboxylic acids is 1. The third-order valence-electron chi connectivity index (χ3n) is 3.22. The van der Waals surface area contributed by atoms with Gasteiger partial charge >= 0.3 is 5.97 Å². The van der Waals surface area contributed by atoms with E-state index in [-0.39, 0.29) is 5.97 Å². The van der Waals surface area contributed by atoms with Gasteiger partial charge in [0.05, 0.1) is 18.4 Å². The van der Waals surface area contributed by atoms with Gasteiger partial charge in [-0.15, -0.1) is 0 Å². The predicted octanol–water partition coefficient (Wildman–Crippen LogP) is 2.37. The smallest absolute Gasteiger partial charge is 0.338 e. The summed E-state index contributed by atoms with van der Waals surface area (Å²) < 4.78 is 9.89. The van der Waals surface area contributed by atoms with Gasteiger partial charge in [-0.05, 0) is 25.5 Å². The van der Waals surface area contributed by atoms with Crippen LogP contribution >= 0.6 is 0 Å². The van der Waals surface area contributed by atoms with Gasteiger partial charge in [-0.1, -0.05) is 23.4 Å². The molecule has 0 fully saturated rings. The maximum absolute atomic E-state index is 11.7. The molecule has 5 heteroatoms. The van der Waals surface area contributed by atoms with Crippen molar-refractivity contribution in [2.45, 2.75) is 26.9 Å².